The van der Waals surface area contributed by atoms with Gasteiger partial charge in [-0.05, 0) is 37.1 Å². The van der Waals surface area contributed by atoms with Crippen LogP contribution in [0.2, 0.25) is 0 Å². The minimum Gasteiger partial charge on any atom is -0.508 e. The molecule has 1 aromatic carbocycles. The number of hydrogen-bond acceptors (Lipinski definition) is 3. The number of rotatable bonds is 3. The molecule has 4 heteroatoms. The van der Waals surface area contributed by atoms with Crippen molar-refractivity contribution in [2.45, 2.75) is 31.7 Å². The van der Waals surface area contributed by atoms with Crippen LogP contribution >= 0.6 is 0 Å². The summed E-state index contributed by atoms with van der Waals surface area (Å²) in [4.78, 5) is 4.76. The summed E-state index contributed by atoms with van der Waals surface area (Å²) in [6.45, 7) is 0. The molecule has 22 heavy (non-hydrogen) atoms. The first-order chi connectivity index (χ1) is 10.8. The number of pyridine rings is 1. The Morgan fingerprint density at radius 2 is 1.95 bits per heavy atom. The Labute approximate surface area is 129 Å². The molecule has 0 radical (unpaired) electrons. The van der Waals surface area contributed by atoms with Gasteiger partial charge in [0.05, 0.1) is 0 Å². The standard InChI is InChI=1S/C18H19N3O/c22-15-9-5-6-13(12-15)17-18(19-14-7-1-2-8-14)21-11-4-3-10-16(21)20-17/h3-6,9-12,14,19,22H,1-2,7-8H2. The molecule has 4 nitrogen and oxygen atoms in total. The minimum absolute atomic E-state index is 0.265. The van der Waals surface area contributed by atoms with Crippen LogP contribution in [0.5, 0.6) is 5.75 Å². The van der Waals surface area contributed by atoms with Crippen LogP contribution in [0.3, 0.4) is 0 Å². The quantitative estimate of drug-likeness (QED) is 0.765. The summed E-state index contributed by atoms with van der Waals surface area (Å²) in [5.74, 6) is 1.29. The molecule has 1 aliphatic rings. The van der Waals surface area contributed by atoms with E-state index in [1.54, 1.807) is 12.1 Å². The van der Waals surface area contributed by atoms with Crippen molar-refractivity contribution in [1.82, 2.24) is 9.38 Å². The van der Waals surface area contributed by atoms with Crippen LogP contribution in [0.4, 0.5) is 5.82 Å². The largest absolute Gasteiger partial charge is 0.508 e. The van der Waals surface area contributed by atoms with Gasteiger partial charge in [0.25, 0.3) is 0 Å². The lowest BCUT2D eigenvalue weighted by atomic mass is 10.1. The summed E-state index contributed by atoms with van der Waals surface area (Å²) in [7, 11) is 0. The fourth-order valence-corrected chi connectivity index (χ4v) is 3.25. The van der Waals surface area contributed by atoms with Crippen molar-refractivity contribution in [2.24, 2.45) is 0 Å². The highest BCUT2D eigenvalue weighted by Gasteiger charge is 2.20. The molecule has 112 valence electrons. The van der Waals surface area contributed by atoms with Crippen LogP contribution in [-0.2, 0) is 0 Å². The molecule has 4 rings (SSSR count). The fraction of sp³-hybridized carbons (Fsp3) is 0.278. The number of aromatic nitrogens is 2. The first kappa shape index (κ1) is 13.2. The summed E-state index contributed by atoms with van der Waals surface area (Å²) in [5.41, 5.74) is 2.75. The summed E-state index contributed by atoms with van der Waals surface area (Å²) in [6.07, 6.45) is 7.02. The van der Waals surface area contributed by atoms with Gasteiger partial charge in [0, 0.05) is 17.8 Å². The van der Waals surface area contributed by atoms with E-state index in [-0.39, 0.29) is 5.75 Å². The van der Waals surface area contributed by atoms with E-state index in [2.05, 4.69) is 9.72 Å². The van der Waals surface area contributed by atoms with Crippen LogP contribution < -0.4 is 5.32 Å². The molecule has 0 aliphatic heterocycles. The number of hydrogen-bond donors (Lipinski definition) is 2. The van der Waals surface area contributed by atoms with Crippen LogP contribution in [0, 0.1) is 0 Å². The molecule has 0 bridgehead atoms. The van der Waals surface area contributed by atoms with E-state index in [0.29, 0.717) is 6.04 Å². The van der Waals surface area contributed by atoms with E-state index in [1.165, 1.54) is 25.7 Å². The zero-order chi connectivity index (χ0) is 14.9. The number of phenolic OH excluding ortho intramolecular Hbond substituents is 1. The summed E-state index contributed by atoms with van der Waals surface area (Å²) < 4.78 is 2.09. The van der Waals surface area contributed by atoms with Gasteiger partial charge in [-0.1, -0.05) is 31.0 Å². The molecule has 2 heterocycles. The van der Waals surface area contributed by atoms with Gasteiger partial charge in [-0.3, -0.25) is 4.40 Å². The highest BCUT2D eigenvalue weighted by Crippen LogP contribution is 2.32. The van der Waals surface area contributed by atoms with Gasteiger partial charge < -0.3 is 10.4 Å². The maximum absolute atomic E-state index is 9.77. The SMILES string of the molecule is Oc1cccc(-c2nc3ccccn3c2NC2CCCC2)c1. The average Bonchev–Trinajstić information content (AvgIpc) is 3.16. The monoisotopic (exact) mass is 293 g/mol. The van der Waals surface area contributed by atoms with Gasteiger partial charge in [0.2, 0.25) is 0 Å². The molecule has 2 N–H and O–H groups in total. The lowest BCUT2D eigenvalue weighted by Crippen LogP contribution is -2.16. The van der Waals surface area contributed by atoms with Crippen LogP contribution in [0.15, 0.2) is 48.7 Å². The number of phenols is 1. The Morgan fingerprint density at radius 3 is 2.77 bits per heavy atom. The normalized spacial score (nSPS) is 15.5. The maximum Gasteiger partial charge on any atom is 0.139 e. The van der Waals surface area contributed by atoms with Crippen molar-refractivity contribution in [2.75, 3.05) is 5.32 Å². The number of fused-ring (bicyclic) bond motifs is 1. The molecule has 0 amide bonds. The second-order valence-electron chi connectivity index (χ2n) is 5.91. The molecule has 0 atom stereocenters. The van der Waals surface area contributed by atoms with E-state index < -0.39 is 0 Å². The van der Waals surface area contributed by atoms with Crippen LogP contribution in [0.25, 0.3) is 16.9 Å². The highest BCUT2D eigenvalue weighted by molar-refractivity contribution is 5.77. The van der Waals surface area contributed by atoms with E-state index in [9.17, 15) is 5.11 Å². The second-order valence-corrected chi connectivity index (χ2v) is 5.91. The van der Waals surface area contributed by atoms with E-state index in [4.69, 9.17) is 4.98 Å². The van der Waals surface area contributed by atoms with Crippen molar-refractivity contribution in [1.29, 1.82) is 0 Å². The predicted molar refractivity (Wildman–Crippen MR) is 88.2 cm³/mol. The third-order valence-corrected chi connectivity index (χ3v) is 4.35. The number of anilines is 1. The summed E-state index contributed by atoms with van der Waals surface area (Å²) in [6, 6.07) is 13.8. The second kappa shape index (κ2) is 5.37. The lowest BCUT2D eigenvalue weighted by molar-refractivity contribution is 0.475. The van der Waals surface area contributed by atoms with Crippen molar-refractivity contribution >= 4 is 11.5 Å². The van der Waals surface area contributed by atoms with Crippen molar-refractivity contribution < 1.29 is 5.11 Å². The topological polar surface area (TPSA) is 49.6 Å². The highest BCUT2D eigenvalue weighted by atomic mass is 16.3. The zero-order valence-corrected chi connectivity index (χ0v) is 12.4. The first-order valence-corrected chi connectivity index (χ1v) is 7.84. The van der Waals surface area contributed by atoms with Crippen molar-refractivity contribution in [3.8, 4) is 17.0 Å². The van der Waals surface area contributed by atoms with Gasteiger partial charge in [-0.15, -0.1) is 0 Å². The number of imidazole rings is 1. The predicted octanol–water partition coefficient (Wildman–Crippen LogP) is 4.06. The molecular formula is C18H19N3O. The molecule has 1 saturated carbocycles. The zero-order valence-electron chi connectivity index (χ0n) is 12.4. The smallest absolute Gasteiger partial charge is 0.139 e. The Kier molecular flexibility index (Phi) is 3.22. The molecule has 0 unspecified atom stereocenters. The average molecular weight is 293 g/mol. The molecule has 0 saturated heterocycles. The van der Waals surface area contributed by atoms with Gasteiger partial charge >= 0.3 is 0 Å². The Balaban J connectivity index is 1.85. The maximum atomic E-state index is 9.77. The molecule has 1 aliphatic carbocycles. The van der Waals surface area contributed by atoms with Gasteiger partial charge in [0.15, 0.2) is 0 Å². The first-order valence-electron chi connectivity index (χ1n) is 7.84. The summed E-state index contributed by atoms with van der Waals surface area (Å²) in [5, 5.41) is 13.4. The van der Waals surface area contributed by atoms with Gasteiger partial charge in [0.1, 0.15) is 22.9 Å². The van der Waals surface area contributed by atoms with Crippen molar-refractivity contribution in [3.05, 3.63) is 48.7 Å². The van der Waals surface area contributed by atoms with Crippen molar-refractivity contribution in [3.63, 3.8) is 0 Å². The molecular weight excluding hydrogens is 274 g/mol. The van der Waals surface area contributed by atoms with Gasteiger partial charge in [-0.2, -0.15) is 0 Å². The lowest BCUT2D eigenvalue weighted by Gasteiger charge is -2.14. The number of benzene rings is 1. The van der Waals surface area contributed by atoms with Crippen LogP contribution in [-0.4, -0.2) is 20.5 Å². The Hall–Kier alpha value is -2.49. The van der Waals surface area contributed by atoms with E-state index in [0.717, 1.165) is 22.7 Å². The molecule has 3 aromatic rings. The molecule has 1 fully saturated rings. The number of aromatic hydroxyl groups is 1. The number of nitrogens with zero attached hydrogens (tertiary/aromatic N) is 2. The fourth-order valence-electron chi connectivity index (χ4n) is 3.25. The third-order valence-electron chi connectivity index (χ3n) is 4.35. The van der Waals surface area contributed by atoms with Gasteiger partial charge in [-0.25, -0.2) is 4.98 Å². The summed E-state index contributed by atoms with van der Waals surface area (Å²) >= 11 is 0. The molecule has 0 spiro atoms. The van der Waals surface area contributed by atoms with E-state index in [1.807, 2.05) is 36.5 Å². The molecule has 2 aromatic heterocycles. The number of nitrogens with one attached hydrogen (secondary N) is 1. The van der Waals surface area contributed by atoms with E-state index >= 15 is 0 Å². The minimum atomic E-state index is 0.265. The Bertz CT molecular complexity index is 803. The third kappa shape index (κ3) is 2.30. The van der Waals surface area contributed by atoms with Crippen LogP contribution in [0.1, 0.15) is 25.7 Å². The Morgan fingerprint density at radius 1 is 1.09 bits per heavy atom.